The lowest BCUT2D eigenvalue weighted by Gasteiger charge is -2.38. The van der Waals surface area contributed by atoms with Gasteiger partial charge in [-0.15, -0.1) is 12.4 Å². The van der Waals surface area contributed by atoms with Gasteiger partial charge in [-0.2, -0.15) is 0 Å². The Morgan fingerprint density at radius 3 is 2.48 bits per heavy atom. The van der Waals surface area contributed by atoms with Crippen LogP contribution in [0.5, 0.6) is 0 Å². The third-order valence-corrected chi connectivity index (χ3v) is 5.85. The lowest BCUT2D eigenvalue weighted by atomic mass is 9.78. The van der Waals surface area contributed by atoms with E-state index in [0.717, 1.165) is 32.4 Å². The summed E-state index contributed by atoms with van der Waals surface area (Å²) in [5.74, 6) is -0.0693. The van der Waals surface area contributed by atoms with Gasteiger partial charge in [0.25, 0.3) is 5.91 Å². The molecule has 0 saturated carbocycles. The van der Waals surface area contributed by atoms with E-state index in [-0.39, 0.29) is 34.7 Å². The van der Waals surface area contributed by atoms with E-state index in [4.69, 9.17) is 9.56 Å². The van der Waals surface area contributed by atoms with Crippen molar-refractivity contribution in [2.24, 2.45) is 10.6 Å². The summed E-state index contributed by atoms with van der Waals surface area (Å²) >= 11 is 0. The minimum Gasteiger partial charge on any atom is -0.455 e. The molecule has 7 nitrogen and oxygen atoms in total. The smallest absolute Gasteiger partial charge is 0.289 e. The highest BCUT2D eigenvalue weighted by Gasteiger charge is 2.38. The summed E-state index contributed by atoms with van der Waals surface area (Å²) in [6.45, 7) is 4.90. The molecule has 1 spiro atoms. The van der Waals surface area contributed by atoms with Crippen molar-refractivity contribution in [3.63, 3.8) is 0 Å². The molecule has 0 aliphatic carbocycles. The third kappa shape index (κ3) is 3.55. The van der Waals surface area contributed by atoms with Crippen molar-refractivity contribution in [3.8, 4) is 0 Å². The number of sulfonamides is 1. The van der Waals surface area contributed by atoms with Gasteiger partial charge in [-0.3, -0.25) is 4.79 Å². The average Bonchev–Trinajstić information content (AvgIpc) is 3.06. The first kappa shape index (κ1) is 18.3. The summed E-state index contributed by atoms with van der Waals surface area (Å²) in [7, 11) is -3.87. The van der Waals surface area contributed by atoms with Crippen molar-refractivity contribution in [2.75, 3.05) is 26.2 Å². The predicted molar refractivity (Wildman–Crippen MR) is 87.1 cm³/mol. The Morgan fingerprint density at radius 1 is 1.35 bits per heavy atom. The van der Waals surface area contributed by atoms with Gasteiger partial charge in [0, 0.05) is 25.7 Å². The Bertz CT molecular complexity index is 685. The number of halogens is 1. The second kappa shape index (κ2) is 6.43. The maximum atomic E-state index is 12.5. The molecule has 0 radical (unpaired) electrons. The van der Waals surface area contributed by atoms with Crippen LogP contribution in [0.3, 0.4) is 0 Å². The molecule has 130 valence electrons. The first-order chi connectivity index (χ1) is 10.3. The molecule has 23 heavy (non-hydrogen) atoms. The fourth-order valence-electron chi connectivity index (χ4n) is 3.42. The minimum absolute atomic E-state index is 0. The number of piperidine rings is 1. The lowest BCUT2D eigenvalue weighted by Crippen LogP contribution is -2.43. The van der Waals surface area contributed by atoms with Crippen LogP contribution in [0.4, 0.5) is 0 Å². The number of furan rings is 1. The maximum absolute atomic E-state index is 12.5. The Balaban J connectivity index is 0.00000192. The van der Waals surface area contributed by atoms with Crippen LogP contribution in [-0.2, 0) is 10.0 Å². The molecule has 2 aliphatic heterocycles. The number of hydrogen-bond acceptors (Lipinski definition) is 5. The van der Waals surface area contributed by atoms with Gasteiger partial charge in [0.05, 0.1) is 0 Å². The van der Waals surface area contributed by atoms with Crippen LogP contribution in [0, 0.1) is 12.3 Å². The number of carbonyl (C=O) groups excluding carboxylic acids is 1. The van der Waals surface area contributed by atoms with E-state index >= 15 is 0 Å². The first-order valence-corrected chi connectivity index (χ1v) is 8.99. The zero-order chi connectivity index (χ0) is 16.0. The Hall–Kier alpha value is -1.09. The average molecular weight is 364 g/mol. The normalized spacial score (nSPS) is 20.5. The molecule has 2 fully saturated rings. The number of carbonyl (C=O) groups is 1. The Kier molecular flexibility index (Phi) is 5.10. The van der Waals surface area contributed by atoms with Crippen LogP contribution >= 0.6 is 12.4 Å². The van der Waals surface area contributed by atoms with Crippen LogP contribution in [0.2, 0.25) is 0 Å². The molecule has 3 heterocycles. The molecule has 0 unspecified atom stereocenters. The van der Waals surface area contributed by atoms with E-state index in [0.29, 0.717) is 18.5 Å². The largest absolute Gasteiger partial charge is 0.455 e. The van der Waals surface area contributed by atoms with E-state index in [2.05, 4.69) is 5.32 Å². The van der Waals surface area contributed by atoms with Gasteiger partial charge < -0.3 is 14.6 Å². The fraction of sp³-hybridized carbons (Fsp3) is 0.643. The third-order valence-electron chi connectivity index (χ3n) is 4.83. The number of aryl methyl sites for hydroxylation is 1. The molecular weight excluding hydrogens is 342 g/mol. The molecule has 0 bridgehead atoms. The molecule has 0 atom stereocenters. The van der Waals surface area contributed by atoms with E-state index in [1.54, 1.807) is 4.90 Å². The summed E-state index contributed by atoms with van der Waals surface area (Å²) in [5.41, 5.74) is 0.321. The van der Waals surface area contributed by atoms with E-state index < -0.39 is 10.0 Å². The molecule has 2 aliphatic rings. The van der Waals surface area contributed by atoms with E-state index in [9.17, 15) is 13.2 Å². The number of nitrogens with one attached hydrogen (secondary N) is 1. The second-order valence-electron chi connectivity index (χ2n) is 6.30. The second-order valence-corrected chi connectivity index (χ2v) is 7.82. The molecule has 1 aromatic rings. The summed E-state index contributed by atoms with van der Waals surface area (Å²) in [4.78, 5) is 14.1. The molecule has 9 heteroatoms. The number of nitrogens with zero attached hydrogens (tertiary/aromatic N) is 1. The molecule has 2 saturated heterocycles. The highest BCUT2D eigenvalue weighted by atomic mass is 35.5. The highest BCUT2D eigenvalue weighted by Crippen LogP contribution is 2.37. The van der Waals surface area contributed by atoms with Gasteiger partial charge in [-0.25, -0.2) is 13.6 Å². The number of likely N-dealkylation sites (tertiary alicyclic amines) is 1. The summed E-state index contributed by atoms with van der Waals surface area (Å²) in [6.07, 6.45) is 3.09. The molecule has 1 aromatic heterocycles. The molecule has 1 amide bonds. The fourth-order valence-corrected chi connectivity index (χ4v) is 4.13. The van der Waals surface area contributed by atoms with Gasteiger partial charge in [0.15, 0.2) is 5.76 Å². The van der Waals surface area contributed by atoms with Crippen molar-refractivity contribution in [1.29, 1.82) is 0 Å². The number of rotatable bonds is 2. The monoisotopic (exact) mass is 363 g/mol. The molecule has 3 rings (SSSR count). The number of primary sulfonamides is 1. The molecular formula is C14H22ClN3O4S. The Labute approximate surface area is 142 Å². The van der Waals surface area contributed by atoms with Crippen LogP contribution < -0.4 is 10.5 Å². The van der Waals surface area contributed by atoms with Gasteiger partial charge in [0.2, 0.25) is 10.0 Å². The summed E-state index contributed by atoms with van der Waals surface area (Å²) in [5, 5.41) is 8.49. The topological polar surface area (TPSA) is 106 Å². The Morgan fingerprint density at radius 2 is 2.00 bits per heavy atom. The highest BCUT2D eigenvalue weighted by molar-refractivity contribution is 7.89. The van der Waals surface area contributed by atoms with Gasteiger partial charge >= 0.3 is 0 Å². The number of amides is 1. The number of hydrogen-bond donors (Lipinski definition) is 2. The van der Waals surface area contributed by atoms with Crippen LogP contribution in [0.25, 0.3) is 0 Å². The van der Waals surface area contributed by atoms with Crippen molar-refractivity contribution in [2.45, 2.75) is 31.1 Å². The molecule has 3 N–H and O–H groups in total. The van der Waals surface area contributed by atoms with Crippen LogP contribution in [0.1, 0.15) is 35.6 Å². The summed E-state index contributed by atoms with van der Waals surface area (Å²) in [6, 6.07) is 1.23. The maximum Gasteiger partial charge on any atom is 0.289 e. The van der Waals surface area contributed by atoms with E-state index in [1.807, 2.05) is 0 Å². The predicted octanol–water partition coefficient (Wildman–Crippen LogP) is 0.873. The van der Waals surface area contributed by atoms with Crippen molar-refractivity contribution >= 4 is 28.3 Å². The van der Waals surface area contributed by atoms with Gasteiger partial charge in [-0.05, 0) is 38.1 Å². The van der Waals surface area contributed by atoms with Gasteiger partial charge in [-0.1, -0.05) is 0 Å². The van der Waals surface area contributed by atoms with E-state index in [1.165, 1.54) is 13.0 Å². The zero-order valence-electron chi connectivity index (χ0n) is 13.0. The van der Waals surface area contributed by atoms with Gasteiger partial charge in [0.1, 0.15) is 10.7 Å². The van der Waals surface area contributed by atoms with Crippen LogP contribution in [0.15, 0.2) is 15.4 Å². The standard InChI is InChI=1S/C14H21N3O4S.ClH/c1-10-12(22(15,19)20)8-11(21-10)13(18)17-6-3-14(4-7-17)2-5-16-9-14;/h8,16H,2-7,9H2,1H3,(H2,15,19,20);1H. The van der Waals surface area contributed by atoms with Crippen LogP contribution in [-0.4, -0.2) is 45.4 Å². The minimum atomic E-state index is -3.87. The van der Waals surface area contributed by atoms with Crippen molar-refractivity contribution in [1.82, 2.24) is 10.2 Å². The zero-order valence-corrected chi connectivity index (χ0v) is 14.6. The SMILES string of the molecule is Cc1oc(C(=O)N2CCC3(CCNC3)CC2)cc1S(N)(=O)=O.Cl. The van der Waals surface area contributed by atoms with Crippen molar-refractivity contribution in [3.05, 3.63) is 17.6 Å². The number of nitrogens with two attached hydrogens (primary N) is 1. The first-order valence-electron chi connectivity index (χ1n) is 7.44. The summed E-state index contributed by atoms with van der Waals surface area (Å²) < 4.78 is 28.2. The quantitative estimate of drug-likeness (QED) is 0.811. The lowest BCUT2D eigenvalue weighted by molar-refractivity contribution is 0.0576. The van der Waals surface area contributed by atoms with Crippen molar-refractivity contribution < 1.29 is 17.6 Å². The molecule has 0 aromatic carbocycles.